The van der Waals surface area contributed by atoms with E-state index in [1.54, 1.807) is 36.4 Å². The third kappa shape index (κ3) is 6.77. The van der Waals surface area contributed by atoms with Crippen LogP contribution in [0.5, 0.6) is 11.5 Å². The van der Waals surface area contributed by atoms with Crippen LogP contribution in [0.1, 0.15) is 27.0 Å². The number of nitrogens with one attached hydrogen (secondary N) is 1. The first-order valence-corrected chi connectivity index (χ1v) is 11.2. The summed E-state index contributed by atoms with van der Waals surface area (Å²) in [5.41, 5.74) is 5.32. The summed E-state index contributed by atoms with van der Waals surface area (Å²) in [5.74, 6) is -0.0313. The number of carbonyl (C=O) groups is 2. The Morgan fingerprint density at radius 1 is 1.00 bits per heavy atom. The minimum atomic E-state index is -0.498. The van der Waals surface area contributed by atoms with Gasteiger partial charge in [0.15, 0.2) is 12.4 Å². The second-order valence-electron chi connectivity index (χ2n) is 6.96. The second-order valence-corrected chi connectivity index (χ2v) is 8.73. The van der Waals surface area contributed by atoms with Crippen LogP contribution in [0.4, 0.5) is 0 Å². The standard InChI is InChI=1S/C24H20Br2N2O4/c1-15-5-3-7-17(9-15)24(30)32-23-18(11-19(25)12-21(23)26)13-27-28-22(29)14-31-20-8-4-6-16(2)10-20/h3-13H,14H2,1-2H3,(H,28,29)/b27-13-. The summed E-state index contributed by atoms with van der Waals surface area (Å²) in [5, 5.41) is 3.97. The number of hydrogen-bond acceptors (Lipinski definition) is 5. The lowest BCUT2D eigenvalue weighted by Gasteiger charge is -2.11. The fourth-order valence-electron chi connectivity index (χ4n) is 2.77. The number of amides is 1. The second kappa shape index (κ2) is 11.1. The van der Waals surface area contributed by atoms with Gasteiger partial charge in [0.2, 0.25) is 0 Å². The molecule has 0 aliphatic rings. The van der Waals surface area contributed by atoms with E-state index in [0.717, 1.165) is 15.6 Å². The summed E-state index contributed by atoms with van der Waals surface area (Å²) < 4.78 is 12.4. The highest BCUT2D eigenvalue weighted by atomic mass is 79.9. The number of esters is 1. The summed E-state index contributed by atoms with van der Waals surface area (Å²) in [6.45, 7) is 3.66. The highest BCUT2D eigenvalue weighted by molar-refractivity contribution is 9.11. The Morgan fingerprint density at radius 3 is 2.44 bits per heavy atom. The van der Waals surface area contributed by atoms with E-state index < -0.39 is 11.9 Å². The first-order chi connectivity index (χ1) is 15.3. The van der Waals surface area contributed by atoms with Crippen molar-refractivity contribution >= 4 is 50.0 Å². The van der Waals surface area contributed by atoms with Gasteiger partial charge < -0.3 is 9.47 Å². The van der Waals surface area contributed by atoms with Gasteiger partial charge in [-0.25, -0.2) is 10.2 Å². The number of ether oxygens (including phenoxy) is 2. The Hall–Kier alpha value is -2.97. The molecule has 0 atom stereocenters. The van der Waals surface area contributed by atoms with E-state index in [0.29, 0.717) is 21.3 Å². The number of halogens is 2. The molecule has 0 aliphatic carbocycles. The summed E-state index contributed by atoms with van der Waals surface area (Å²) in [7, 11) is 0. The van der Waals surface area contributed by atoms with Crippen LogP contribution < -0.4 is 14.9 Å². The largest absolute Gasteiger partial charge is 0.484 e. The predicted molar refractivity (Wildman–Crippen MR) is 130 cm³/mol. The SMILES string of the molecule is Cc1cccc(OCC(=O)N/N=C\c2cc(Br)cc(Br)c2OC(=O)c2cccc(C)c2)c1. The topological polar surface area (TPSA) is 77.0 Å². The number of rotatable bonds is 7. The number of nitrogens with zero attached hydrogens (tertiary/aromatic N) is 1. The molecule has 0 radical (unpaired) electrons. The van der Waals surface area contributed by atoms with E-state index in [9.17, 15) is 9.59 Å². The predicted octanol–water partition coefficient (Wildman–Crippen LogP) is 5.58. The van der Waals surface area contributed by atoms with Gasteiger partial charge >= 0.3 is 5.97 Å². The van der Waals surface area contributed by atoms with E-state index in [4.69, 9.17) is 9.47 Å². The Balaban J connectivity index is 1.68. The molecule has 32 heavy (non-hydrogen) atoms. The van der Waals surface area contributed by atoms with Gasteiger partial charge in [-0.3, -0.25) is 4.79 Å². The van der Waals surface area contributed by atoms with E-state index in [-0.39, 0.29) is 12.4 Å². The molecule has 0 bridgehead atoms. The van der Waals surface area contributed by atoms with Gasteiger partial charge in [0, 0.05) is 10.0 Å². The lowest BCUT2D eigenvalue weighted by atomic mass is 10.1. The number of carbonyl (C=O) groups excluding carboxylic acids is 2. The molecule has 6 nitrogen and oxygen atoms in total. The van der Waals surface area contributed by atoms with Gasteiger partial charge in [0.1, 0.15) is 5.75 Å². The molecule has 0 aliphatic heterocycles. The fourth-order valence-corrected chi connectivity index (χ4v) is 4.11. The van der Waals surface area contributed by atoms with E-state index in [2.05, 4.69) is 42.4 Å². The maximum absolute atomic E-state index is 12.6. The smallest absolute Gasteiger partial charge is 0.343 e. The molecule has 1 N–H and O–H groups in total. The van der Waals surface area contributed by atoms with Gasteiger partial charge in [-0.15, -0.1) is 0 Å². The monoisotopic (exact) mass is 558 g/mol. The molecule has 0 fully saturated rings. The highest BCUT2D eigenvalue weighted by Crippen LogP contribution is 2.32. The van der Waals surface area contributed by atoms with Crippen molar-refractivity contribution in [2.45, 2.75) is 13.8 Å². The Bertz CT molecular complexity index is 1180. The molecule has 3 aromatic rings. The Labute approximate surface area is 202 Å². The molecule has 0 saturated carbocycles. The molecule has 0 spiro atoms. The van der Waals surface area contributed by atoms with E-state index in [1.165, 1.54) is 6.21 Å². The number of benzene rings is 3. The van der Waals surface area contributed by atoms with Gasteiger partial charge in [0.05, 0.1) is 16.3 Å². The molecule has 164 valence electrons. The Morgan fingerprint density at radius 2 is 1.72 bits per heavy atom. The van der Waals surface area contributed by atoms with Gasteiger partial charge in [-0.05, 0) is 71.7 Å². The zero-order valence-electron chi connectivity index (χ0n) is 17.4. The zero-order chi connectivity index (χ0) is 23.1. The molecule has 0 saturated heterocycles. The first kappa shape index (κ1) is 23.7. The quantitative estimate of drug-likeness (QED) is 0.177. The van der Waals surface area contributed by atoms with Crippen LogP contribution in [0.3, 0.4) is 0 Å². The van der Waals surface area contributed by atoms with Crippen LogP contribution in [0.2, 0.25) is 0 Å². The van der Waals surface area contributed by atoms with Gasteiger partial charge in [-0.1, -0.05) is 45.8 Å². The van der Waals surface area contributed by atoms with Crippen LogP contribution in [0, 0.1) is 13.8 Å². The van der Waals surface area contributed by atoms with Crippen molar-refractivity contribution in [1.82, 2.24) is 5.43 Å². The zero-order valence-corrected chi connectivity index (χ0v) is 20.6. The first-order valence-electron chi connectivity index (χ1n) is 9.61. The van der Waals surface area contributed by atoms with Gasteiger partial charge in [0.25, 0.3) is 5.91 Å². The molecule has 0 unspecified atom stereocenters. The third-order valence-corrected chi connectivity index (χ3v) is 5.28. The number of aryl methyl sites for hydroxylation is 2. The lowest BCUT2D eigenvalue weighted by molar-refractivity contribution is -0.123. The number of hydrazone groups is 1. The summed E-state index contributed by atoms with van der Waals surface area (Å²) >= 11 is 6.82. The minimum absolute atomic E-state index is 0.182. The summed E-state index contributed by atoms with van der Waals surface area (Å²) in [6.07, 6.45) is 1.40. The molecule has 3 rings (SSSR count). The van der Waals surface area contributed by atoms with E-state index in [1.807, 2.05) is 38.1 Å². The normalized spacial score (nSPS) is 10.8. The molecule has 0 aromatic heterocycles. The van der Waals surface area contributed by atoms with Gasteiger partial charge in [-0.2, -0.15) is 5.10 Å². The maximum Gasteiger partial charge on any atom is 0.343 e. The van der Waals surface area contributed by atoms with Crippen LogP contribution in [-0.4, -0.2) is 24.7 Å². The average molecular weight is 560 g/mol. The van der Waals surface area contributed by atoms with Crippen molar-refractivity contribution in [3.8, 4) is 11.5 Å². The van der Waals surface area contributed by atoms with Crippen molar-refractivity contribution in [1.29, 1.82) is 0 Å². The minimum Gasteiger partial charge on any atom is -0.484 e. The average Bonchev–Trinajstić information content (AvgIpc) is 2.74. The number of hydrogen-bond donors (Lipinski definition) is 1. The van der Waals surface area contributed by atoms with Crippen LogP contribution in [-0.2, 0) is 4.79 Å². The Kier molecular flexibility index (Phi) is 8.19. The van der Waals surface area contributed by atoms with Crippen molar-refractivity contribution < 1.29 is 19.1 Å². The highest BCUT2D eigenvalue weighted by Gasteiger charge is 2.15. The van der Waals surface area contributed by atoms with Crippen LogP contribution >= 0.6 is 31.9 Å². The molecular weight excluding hydrogens is 540 g/mol. The van der Waals surface area contributed by atoms with Crippen LogP contribution in [0.25, 0.3) is 0 Å². The molecular formula is C24H20Br2N2O4. The lowest BCUT2D eigenvalue weighted by Crippen LogP contribution is -2.24. The summed E-state index contributed by atoms with van der Waals surface area (Å²) in [6, 6.07) is 18.0. The molecule has 1 amide bonds. The van der Waals surface area contributed by atoms with Crippen molar-refractivity contribution in [3.05, 3.63) is 91.9 Å². The fraction of sp³-hybridized carbons (Fsp3) is 0.125. The van der Waals surface area contributed by atoms with E-state index >= 15 is 0 Å². The molecule has 0 heterocycles. The third-order valence-electron chi connectivity index (χ3n) is 4.24. The summed E-state index contributed by atoms with van der Waals surface area (Å²) in [4.78, 5) is 24.6. The maximum atomic E-state index is 12.6. The van der Waals surface area contributed by atoms with Crippen molar-refractivity contribution in [3.63, 3.8) is 0 Å². The molecule has 8 heteroatoms. The van der Waals surface area contributed by atoms with Crippen LogP contribution in [0.15, 0.2) is 74.7 Å². The molecule has 3 aromatic carbocycles. The van der Waals surface area contributed by atoms with Crippen molar-refractivity contribution in [2.75, 3.05) is 6.61 Å². The van der Waals surface area contributed by atoms with Crippen molar-refractivity contribution in [2.24, 2.45) is 5.10 Å².